The highest BCUT2D eigenvalue weighted by atomic mass is 16.4. The van der Waals surface area contributed by atoms with Gasteiger partial charge in [-0.1, -0.05) is 53.0 Å². The number of fused-ring (bicyclic) bond motifs is 4. The van der Waals surface area contributed by atoms with Crippen LogP contribution in [-0.2, 0) is 0 Å². The molecule has 2 saturated carbocycles. The maximum Gasteiger partial charge on any atom is 0.131 e. The molecule has 5 heteroatoms. The van der Waals surface area contributed by atoms with Crippen molar-refractivity contribution in [1.29, 1.82) is 0 Å². The van der Waals surface area contributed by atoms with Crippen LogP contribution in [0.5, 0.6) is 0 Å². The highest BCUT2D eigenvalue weighted by molar-refractivity contribution is 5.97. The Morgan fingerprint density at radius 3 is 2.58 bits per heavy atom. The summed E-state index contributed by atoms with van der Waals surface area (Å²) in [5.41, 5.74) is 5.94. The third-order valence-electron chi connectivity index (χ3n) is 8.91. The molecule has 0 radical (unpaired) electrons. The molecule has 0 saturated heterocycles. The normalized spacial score (nSPS) is 36.6. The van der Waals surface area contributed by atoms with Gasteiger partial charge in [0.15, 0.2) is 0 Å². The molecule has 5 rings (SSSR count). The SMILES string of the molecule is CC#C[C@]1(O)CC[C@H]2[C@@H]3CCC4=CC(=NO)CCC4=C3[C@@H](c3ccc(C=NO)cc3)C[C@@]21C. The second kappa shape index (κ2) is 8.18. The molecule has 2 fully saturated rings. The van der Waals surface area contributed by atoms with E-state index in [1.807, 2.05) is 19.1 Å². The summed E-state index contributed by atoms with van der Waals surface area (Å²) < 4.78 is 0. The first-order chi connectivity index (χ1) is 15.9. The Bertz CT molecular complexity index is 1130. The molecular formula is C28H32N2O3. The number of rotatable bonds is 2. The van der Waals surface area contributed by atoms with Gasteiger partial charge in [-0.2, -0.15) is 0 Å². The fourth-order valence-corrected chi connectivity index (χ4v) is 7.35. The van der Waals surface area contributed by atoms with Gasteiger partial charge >= 0.3 is 0 Å². The fraction of sp³-hybridized carbons (Fsp3) is 0.500. The summed E-state index contributed by atoms with van der Waals surface area (Å²) in [6.07, 6.45) is 9.85. The van der Waals surface area contributed by atoms with E-state index >= 15 is 0 Å². The molecule has 5 nitrogen and oxygen atoms in total. The molecule has 33 heavy (non-hydrogen) atoms. The average molecular weight is 445 g/mol. The summed E-state index contributed by atoms with van der Waals surface area (Å²) in [5.74, 6) is 7.27. The molecule has 3 N–H and O–H groups in total. The third-order valence-corrected chi connectivity index (χ3v) is 8.91. The maximum absolute atomic E-state index is 11.7. The lowest BCUT2D eigenvalue weighted by Gasteiger charge is -2.53. The minimum Gasteiger partial charge on any atom is -0.411 e. The van der Waals surface area contributed by atoms with Crippen LogP contribution in [0.2, 0.25) is 0 Å². The van der Waals surface area contributed by atoms with E-state index in [1.165, 1.54) is 28.5 Å². The summed E-state index contributed by atoms with van der Waals surface area (Å²) in [5, 5.41) is 36.6. The van der Waals surface area contributed by atoms with Gasteiger partial charge in [0.2, 0.25) is 0 Å². The Morgan fingerprint density at radius 2 is 1.88 bits per heavy atom. The van der Waals surface area contributed by atoms with Gasteiger partial charge in [-0.05, 0) is 92.1 Å². The molecule has 1 aromatic carbocycles. The summed E-state index contributed by atoms with van der Waals surface area (Å²) >= 11 is 0. The van der Waals surface area contributed by atoms with Crippen molar-refractivity contribution in [2.24, 2.45) is 27.6 Å². The van der Waals surface area contributed by atoms with Crippen molar-refractivity contribution >= 4 is 11.9 Å². The lowest BCUT2D eigenvalue weighted by atomic mass is 9.51. The van der Waals surface area contributed by atoms with Gasteiger partial charge in [0.1, 0.15) is 5.60 Å². The molecule has 0 amide bonds. The molecule has 0 unspecified atom stereocenters. The van der Waals surface area contributed by atoms with Crippen molar-refractivity contribution in [3.05, 3.63) is 58.2 Å². The summed E-state index contributed by atoms with van der Waals surface area (Å²) in [4.78, 5) is 0. The van der Waals surface area contributed by atoms with Crippen LogP contribution < -0.4 is 0 Å². The van der Waals surface area contributed by atoms with E-state index in [9.17, 15) is 10.3 Å². The van der Waals surface area contributed by atoms with Gasteiger partial charge in [0.25, 0.3) is 0 Å². The molecular weight excluding hydrogens is 412 g/mol. The van der Waals surface area contributed by atoms with Crippen molar-refractivity contribution in [2.45, 2.75) is 70.3 Å². The van der Waals surface area contributed by atoms with Crippen LogP contribution in [-0.4, -0.2) is 33.0 Å². The van der Waals surface area contributed by atoms with Crippen LogP contribution in [0.15, 0.2) is 57.4 Å². The lowest BCUT2D eigenvalue weighted by Crippen LogP contribution is -2.51. The first kappa shape index (κ1) is 22.0. The first-order valence-corrected chi connectivity index (χ1v) is 12.0. The van der Waals surface area contributed by atoms with E-state index in [0.29, 0.717) is 11.8 Å². The Hall–Kier alpha value is -2.84. The van der Waals surface area contributed by atoms with Gasteiger partial charge < -0.3 is 15.5 Å². The van der Waals surface area contributed by atoms with Gasteiger partial charge in [-0.3, -0.25) is 0 Å². The monoisotopic (exact) mass is 444 g/mol. The summed E-state index contributed by atoms with van der Waals surface area (Å²) in [6, 6.07) is 8.26. The van der Waals surface area contributed by atoms with Gasteiger partial charge in [0.05, 0.1) is 11.9 Å². The Balaban J connectivity index is 1.67. The molecule has 4 aliphatic rings. The zero-order valence-electron chi connectivity index (χ0n) is 19.4. The summed E-state index contributed by atoms with van der Waals surface area (Å²) in [7, 11) is 0. The van der Waals surface area contributed by atoms with Gasteiger partial charge in [-0.15, -0.1) is 5.92 Å². The van der Waals surface area contributed by atoms with Crippen LogP contribution in [0.1, 0.15) is 75.8 Å². The number of oxime groups is 2. The molecule has 0 aromatic heterocycles. The van der Waals surface area contributed by atoms with Crippen molar-refractivity contribution < 1.29 is 15.5 Å². The van der Waals surface area contributed by atoms with Gasteiger partial charge in [0, 0.05) is 11.3 Å². The Labute approximate surface area is 195 Å². The molecule has 0 aliphatic heterocycles. The highest BCUT2D eigenvalue weighted by Gasteiger charge is 2.62. The molecule has 5 atom stereocenters. The van der Waals surface area contributed by atoms with E-state index in [1.54, 1.807) is 0 Å². The Morgan fingerprint density at radius 1 is 1.09 bits per heavy atom. The van der Waals surface area contributed by atoms with E-state index in [0.717, 1.165) is 56.2 Å². The molecule has 0 heterocycles. The maximum atomic E-state index is 11.7. The van der Waals surface area contributed by atoms with Crippen molar-refractivity contribution in [3.8, 4) is 11.8 Å². The molecule has 1 aromatic rings. The van der Waals surface area contributed by atoms with Crippen LogP contribution >= 0.6 is 0 Å². The molecule has 0 bridgehead atoms. The molecule has 172 valence electrons. The standard InChI is InChI=1S/C28H32N2O3/c1-3-13-28(31)14-12-25-23-10-8-20-15-21(30-33)9-11-22(20)26(23)24(16-27(25,28)2)19-6-4-18(5-7-19)17-29-32/h4-7,15,17,23-25,31-33H,8-12,14,16H2,1-2H3/t23-,24+,25-,27-,28-/m0/s1. The topological polar surface area (TPSA) is 85.4 Å². The van der Waals surface area contributed by atoms with E-state index in [-0.39, 0.29) is 11.3 Å². The number of aliphatic hydroxyl groups is 1. The zero-order valence-corrected chi connectivity index (χ0v) is 19.4. The number of hydrogen-bond acceptors (Lipinski definition) is 5. The zero-order chi connectivity index (χ0) is 23.2. The predicted octanol–water partition coefficient (Wildman–Crippen LogP) is 5.41. The quantitative estimate of drug-likeness (QED) is 0.247. The van der Waals surface area contributed by atoms with Gasteiger partial charge in [-0.25, -0.2) is 0 Å². The molecule has 0 spiro atoms. The van der Waals surface area contributed by atoms with Crippen LogP contribution in [0.4, 0.5) is 0 Å². The lowest BCUT2D eigenvalue weighted by molar-refractivity contribution is -0.0513. The first-order valence-electron chi connectivity index (χ1n) is 12.0. The minimum absolute atomic E-state index is 0.200. The largest absolute Gasteiger partial charge is 0.411 e. The third kappa shape index (κ3) is 3.35. The second-order valence-corrected chi connectivity index (χ2v) is 10.3. The predicted molar refractivity (Wildman–Crippen MR) is 129 cm³/mol. The van der Waals surface area contributed by atoms with E-state index in [2.05, 4.69) is 47.3 Å². The van der Waals surface area contributed by atoms with Crippen LogP contribution in [0.3, 0.4) is 0 Å². The average Bonchev–Trinajstić information content (AvgIpc) is 3.09. The van der Waals surface area contributed by atoms with Crippen molar-refractivity contribution in [1.82, 2.24) is 0 Å². The minimum atomic E-state index is -0.955. The number of benzene rings is 1. The van der Waals surface area contributed by atoms with E-state index < -0.39 is 5.60 Å². The highest BCUT2D eigenvalue weighted by Crippen LogP contribution is 2.66. The van der Waals surface area contributed by atoms with Crippen LogP contribution in [0.25, 0.3) is 0 Å². The smallest absolute Gasteiger partial charge is 0.131 e. The van der Waals surface area contributed by atoms with Crippen molar-refractivity contribution in [3.63, 3.8) is 0 Å². The fourth-order valence-electron chi connectivity index (χ4n) is 7.35. The van der Waals surface area contributed by atoms with E-state index in [4.69, 9.17) is 5.21 Å². The molecule has 4 aliphatic carbocycles. The number of nitrogens with zero attached hydrogens (tertiary/aromatic N) is 2. The second-order valence-electron chi connectivity index (χ2n) is 10.3. The van der Waals surface area contributed by atoms with Crippen LogP contribution in [0, 0.1) is 29.1 Å². The number of hydrogen-bond donors (Lipinski definition) is 3. The Kier molecular flexibility index (Phi) is 5.45. The number of allylic oxidation sites excluding steroid dienone is 4. The van der Waals surface area contributed by atoms with Crippen molar-refractivity contribution in [2.75, 3.05) is 0 Å². The summed E-state index contributed by atoms with van der Waals surface area (Å²) in [6.45, 7) is 4.09.